The molecule has 2 heterocycles. The molecule has 0 saturated carbocycles. The number of benzene rings is 1. The Kier molecular flexibility index (Phi) is 5.95. The molecule has 2 fully saturated rings. The first-order chi connectivity index (χ1) is 12.4. The number of aliphatic hydroxyl groups is 6. The number of rotatable bonds is 6. The van der Waals surface area contributed by atoms with E-state index in [2.05, 4.69) is 10.6 Å². The lowest BCUT2D eigenvalue weighted by Crippen LogP contribution is -2.37. The van der Waals surface area contributed by atoms with Crippen LogP contribution in [0, 0.1) is 0 Å². The monoisotopic (exact) mass is 372 g/mol. The summed E-state index contributed by atoms with van der Waals surface area (Å²) in [5, 5.41) is 63.6. The molecule has 2 saturated heterocycles. The van der Waals surface area contributed by atoms with Gasteiger partial charge >= 0.3 is 0 Å². The zero-order chi connectivity index (χ0) is 18.8. The number of ether oxygens (including phenoxy) is 2. The van der Waals surface area contributed by atoms with Crippen molar-refractivity contribution in [3.05, 3.63) is 24.3 Å². The van der Waals surface area contributed by atoms with Crippen LogP contribution in [-0.4, -0.2) is 92.9 Å². The van der Waals surface area contributed by atoms with Crippen molar-refractivity contribution in [3.8, 4) is 0 Å². The Hall–Kier alpha value is -1.50. The van der Waals surface area contributed by atoms with E-state index in [0.29, 0.717) is 11.4 Å². The van der Waals surface area contributed by atoms with Gasteiger partial charge in [0.05, 0.1) is 13.2 Å². The van der Waals surface area contributed by atoms with Gasteiger partial charge in [0, 0.05) is 11.4 Å². The van der Waals surface area contributed by atoms with Crippen LogP contribution in [0.1, 0.15) is 0 Å². The lowest BCUT2D eigenvalue weighted by atomic mass is 10.1. The van der Waals surface area contributed by atoms with Crippen LogP contribution in [0.2, 0.25) is 0 Å². The molecule has 2 aliphatic rings. The second-order valence-corrected chi connectivity index (χ2v) is 6.39. The number of hydrogen-bond donors (Lipinski definition) is 8. The summed E-state index contributed by atoms with van der Waals surface area (Å²) in [7, 11) is 0. The average molecular weight is 372 g/mol. The number of hydrogen-bond acceptors (Lipinski definition) is 10. The standard InChI is InChI=1S/C16H24N2O8/c19-5-9-11(21)13(23)15(25-9)17-7-2-1-3-8(4-7)18-16-14(24)12(22)10(6-20)26-16/h1-4,9-24H,5-6H2/t9-,10+,11+,12-,13-,14-,15+,16-/m1/s1. The van der Waals surface area contributed by atoms with Crippen LogP contribution in [0.5, 0.6) is 0 Å². The van der Waals surface area contributed by atoms with Gasteiger partial charge in [-0.15, -0.1) is 0 Å². The molecule has 3 rings (SSSR count). The second-order valence-electron chi connectivity index (χ2n) is 6.39. The zero-order valence-corrected chi connectivity index (χ0v) is 13.8. The summed E-state index contributed by atoms with van der Waals surface area (Å²) in [5.41, 5.74) is 1.10. The average Bonchev–Trinajstić information content (AvgIpc) is 3.06. The fourth-order valence-electron chi connectivity index (χ4n) is 3.06. The summed E-state index contributed by atoms with van der Waals surface area (Å²) in [6, 6.07) is 6.77. The first kappa shape index (κ1) is 19.3. The smallest absolute Gasteiger partial charge is 0.157 e. The Morgan fingerprint density at radius 2 is 1.15 bits per heavy atom. The number of nitrogens with one attached hydrogen (secondary N) is 2. The van der Waals surface area contributed by atoms with Crippen LogP contribution < -0.4 is 10.6 Å². The van der Waals surface area contributed by atoms with Gasteiger partial charge in [0.15, 0.2) is 12.5 Å². The van der Waals surface area contributed by atoms with Crippen molar-refractivity contribution >= 4 is 11.4 Å². The van der Waals surface area contributed by atoms with Gasteiger partial charge in [0.2, 0.25) is 0 Å². The minimum atomic E-state index is -1.20. The van der Waals surface area contributed by atoms with Gasteiger partial charge in [-0.25, -0.2) is 0 Å². The fourth-order valence-corrected chi connectivity index (χ4v) is 3.06. The third-order valence-electron chi connectivity index (χ3n) is 4.57. The van der Waals surface area contributed by atoms with E-state index in [4.69, 9.17) is 19.7 Å². The van der Waals surface area contributed by atoms with Crippen molar-refractivity contribution in [2.24, 2.45) is 0 Å². The van der Waals surface area contributed by atoms with Crippen LogP contribution >= 0.6 is 0 Å². The third-order valence-corrected chi connectivity index (χ3v) is 4.57. The van der Waals surface area contributed by atoms with E-state index >= 15 is 0 Å². The highest BCUT2D eigenvalue weighted by molar-refractivity contribution is 5.57. The Balaban J connectivity index is 1.64. The molecule has 26 heavy (non-hydrogen) atoms. The lowest BCUT2D eigenvalue weighted by molar-refractivity contribution is -0.0154. The SMILES string of the molecule is OC[C@@H]1O[C@@H](Nc2cccc(N[C@H]3O[C@H](CO)[C@H](O)[C@H]3O)c2)[C@H](O)[C@@H]1O. The quantitative estimate of drug-likeness (QED) is 0.265. The summed E-state index contributed by atoms with van der Waals surface area (Å²) >= 11 is 0. The van der Waals surface area contributed by atoms with Crippen molar-refractivity contribution in [3.63, 3.8) is 0 Å². The summed E-state index contributed by atoms with van der Waals surface area (Å²) in [4.78, 5) is 0. The van der Waals surface area contributed by atoms with E-state index in [1.165, 1.54) is 0 Å². The lowest BCUT2D eigenvalue weighted by Gasteiger charge is -2.20. The molecule has 0 aromatic heterocycles. The van der Waals surface area contributed by atoms with Gasteiger partial charge in [-0.1, -0.05) is 6.07 Å². The highest BCUT2D eigenvalue weighted by Gasteiger charge is 2.43. The van der Waals surface area contributed by atoms with Crippen LogP contribution in [0.15, 0.2) is 24.3 Å². The molecule has 0 spiro atoms. The molecule has 0 bridgehead atoms. The first-order valence-electron chi connectivity index (χ1n) is 8.32. The summed E-state index contributed by atoms with van der Waals surface area (Å²) in [6.07, 6.45) is -8.34. The Morgan fingerprint density at radius 3 is 1.50 bits per heavy atom. The summed E-state index contributed by atoms with van der Waals surface area (Å²) < 4.78 is 10.7. The van der Waals surface area contributed by atoms with Crippen molar-refractivity contribution < 1.29 is 40.1 Å². The van der Waals surface area contributed by atoms with E-state index < -0.39 is 62.3 Å². The normalized spacial score (nSPS) is 39.9. The van der Waals surface area contributed by atoms with Gasteiger partial charge in [0.25, 0.3) is 0 Å². The molecule has 146 valence electrons. The predicted molar refractivity (Wildman–Crippen MR) is 89.2 cm³/mol. The topological polar surface area (TPSA) is 164 Å². The summed E-state index contributed by atoms with van der Waals surface area (Å²) in [5.74, 6) is 0. The molecular formula is C16H24N2O8. The minimum Gasteiger partial charge on any atom is -0.394 e. The van der Waals surface area contributed by atoms with Crippen molar-refractivity contribution in [2.75, 3.05) is 23.8 Å². The Labute approximate surface area is 149 Å². The van der Waals surface area contributed by atoms with Crippen LogP contribution in [0.4, 0.5) is 11.4 Å². The highest BCUT2D eigenvalue weighted by atomic mass is 16.6. The van der Waals surface area contributed by atoms with Crippen molar-refractivity contribution in [1.82, 2.24) is 0 Å². The second kappa shape index (κ2) is 8.03. The van der Waals surface area contributed by atoms with Gasteiger partial charge < -0.3 is 50.7 Å². The molecule has 8 atom stereocenters. The van der Waals surface area contributed by atoms with Crippen LogP contribution in [0.25, 0.3) is 0 Å². The van der Waals surface area contributed by atoms with E-state index in [1.807, 2.05) is 0 Å². The predicted octanol–water partition coefficient (Wildman–Crippen LogP) is -2.61. The van der Waals surface area contributed by atoms with Gasteiger partial charge in [-0.05, 0) is 18.2 Å². The molecule has 0 amide bonds. The first-order valence-corrected chi connectivity index (χ1v) is 8.32. The van der Waals surface area contributed by atoms with E-state index in [-0.39, 0.29) is 0 Å². The minimum absolute atomic E-state index is 0.413. The van der Waals surface area contributed by atoms with Crippen LogP contribution in [0.3, 0.4) is 0 Å². The van der Waals surface area contributed by atoms with Gasteiger partial charge in [0.1, 0.15) is 36.6 Å². The Morgan fingerprint density at radius 1 is 0.731 bits per heavy atom. The fraction of sp³-hybridized carbons (Fsp3) is 0.625. The van der Waals surface area contributed by atoms with Crippen molar-refractivity contribution in [2.45, 2.75) is 49.1 Å². The zero-order valence-electron chi connectivity index (χ0n) is 13.8. The maximum atomic E-state index is 9.97. The number of anilines is 2. The molecule has 2 aliphatic heterocycles. The maximum absolute atomic E-state index is 9.97. The summed E-state index contributed by atoms with van der Waals surface area (Å²) in [6.45, 7) is -0.827. The van der Waals surface area contributed by atoms with Crippen molar-refractivity contribution in [1.29, 1.82) is 0 Å². The van der Waals surface area contributed by atoms with Gasteiger partial charge in [-0.3, -0.25) is 0 Å². The van der Waals surface area contributed by atoms with Gasteiger partial charge in [-0.2, -0.15) is 0 Å². The molecular weight excluding hydrogens is 348 g/mol. The van der Waals surface area contributed by atoms with E-state index in [9.17, 15) is 20.4 Å². The molecule has 1 aromatic carbocycles. The van der Waals surface area contributed by atoms with E-state index in [0.717, 1.165) is 0 Å². The molecule has 10 heteroatoms. The maximum Gasteiger partial charge on any atom is 0.157 e. The van der Waals surface area contributed by atoms with Crippen LogP contribution in [-0.2, 0) is 9.47 Å². The highest BCUT2D eigenvalue weighted by Crippen LogP contribution is 2.26. The molecule has 1 aromatic rings. The molecule has 10 nitrogen and oxygen atoms in total. The third kappa shape index (κ3) is 3.77. The molecule has 8 N–H and O–H groups in total. The molecule has 0 unspecified atom stereocenters. The Bertz CT molecular complexity index is 558. The molecule has 0 radical (unpaired) electrons. The largest absolute Gasteiger partial charge is 0.394 e. The van der Waals surface area contributed by atoms with E-state index in [1.54, 1.807) is 24.3 Å². The number of aliphatic hydroxyl groups excluding tert-OH is 6. The molecule has 0 aliphatic carbocycles.